The highest BCUT2D eigenvalue weighted by Crippen LogP contribution is 2.31. The molecule has 0 saturated carbocycles. The van der Waals surface area contributed by atoms with Gasteiger partial charge in [0.15, 0.2) is 12.7 Å². The van der Waals surface area contributed by atoms with Gasteiger partial charge in [-0.05, 0) is 44.4 Å². The molecule has 2 amide bonds. The topological polar surface area (TPSA) is 84.9 Å². The number of para-hydroxylation sites is 2. The first kappa shape index (κ1) is 22.3. The van der Waals surface area contributed by atoms with Gasteiger partial charge in [0.2, 0.25) is 0 Å². The first-order valence-corrected chi connectivity index (χ1v) is 10.5. The molecule has 31 heavy (non-hydrogen) atoms. The normalized spacial score (nSPS) is 14.8. The van der Waals surface area contributed by atoms with Crippen molar-refractivity contribution >= 4 is 23.5 Å². The zero-order valence-corrected chi connectivity index (χ0v) is 17.9. The molecule has 1 aliphatic rings. The van der Waals surface area contributed by atoms with Crippen molar-refractivity contribution < 1.29 is 23.9 Å². The average molecular weight is 424 g/mol. The summed E-state index contributed by atoms with van der Waals surface area (Å²) in [4.78, 5) is 38.3. The fourth-order valence-corrected chi connectivity index (χ4v) is 3.37. The lowest BCUT2D eigenvalue weighted by Crippen LogP contribution is -2.42. The SMILES string of the molecule is C[C@H](CCc1ccccc1)NC(=O)[C@H](C)OC(=O)CCN1C(=O)COc2ccccc21. The highest BCUT2D eigenvalue weighted by Gasteiger charge is 2.26. The van der Waals surface area contributed by atoms with Gasteiger partial charge in [0, 0.05) is 12.6 Å². The predicted octanol–water partition coefficient (Wildman–Crippen LogP) is 2.87. The summed E-state index contributed by atoms with van der Waals surface area (Å²) in [6.45, 7) is 3.58. The van der Waals surface area contributed by atoms with Crippen LogP contribution in [0.25, 0.3) is 0 Å². The van der Waals surface area contributed by atoms with Crippen molar-refractivity contribution in [2.75, 3.05) is 18.1 Å². The van der Waals surface area contributed by atoms with Crippen LogP contribution in [0.15, 0.2) is 54.6 Å². The number of benzene rings is 2. The molecule has 2 atom stereocenters. The van der Waals surface area contributed by atoms with Crippen molar-refractivity contribution in [2.24, 2.45) is 0 Å². The second kappa shape index (κ2) is 10.6. The van der Waals surface area contributed by atoms with Gasteiger partial charge in [0.25, 0.3) is 11.8 Å². The van der Waals surface area contributed by atoms with E-state index < -0.39 is 12.1 Å². The predicted molar refractivity (Wildman–Crippen MR) is 117 cm³/mol. The number of carbonyl (C=O) groups excluding carboxylic acids is 3. The molecule has 0 aliphatic carbocycles. The molecule has 7 heteroatoms. The molecule has 0 radical (unpaired) electrons. The van der Waals surface area contributed by atoms with Gasteiger partial charge < -0.3 is 19.7 Å². The zero-order chi connectivity index (χ0) is 22.2. The minimum Gasteiger partial charge on any atom is -0.482 e. The Kier molecular flexibility index (Phi) is 7.65. The molecule has 0 aromatic heterocycles. The quantitative estimate of drug-likeness (QED) is 0.626. The summed E-state index contributed by atoms with van der Waals surface area (Å²) in [7, 11) is 0. The van der Waals surface area contributed by atoms with E-state index in [2.05, 4.69) is 17.4 Å². The fraction of sp³-hybridized carbons (Fsp3) is 0.375. The molecule has 0 bridgehead atoms. The molecule has 1 N–H and O–H groups in total. The number of nitrogens with one attached hydrogen (secondary N) is 1. The Morgan fingerprint density at radius 1 is 1.10 bits per heavy atom. The van der Waals surface area contributed by atoms with Gasteiger partial charge in [-0.2, -0.15) is 0 Å². The molecular formula is C24H28N2O5. The lowest BCUT2D eigenvalue weighted by atomic mass is 10.1. The van der Waals surface area contributed by atoms with Crippen LogP contribution in [-0.4, -0.2) is 43.1 Å². The van der Waals surface area contributed by atoms with Crippen molar-refractivity contribution in [2.45, 2.75) is 45.3 Å². The van der Waals surface area contributed by atoms with E-state index in [4.69, 9.17) is 9.47 Å². The summed E-state index contributed by atoms with van der Waals surface area (Å²) in [6, 6.07) is 17.2. The third-order valence-corrected chi connectivity index (χ3v) is 5.12. The second-order valence-corrected chi connectivity index (χ2v) is 7.62. The molecular weight excluding hydrogens is 396 g/mol. The van der Waals surface area contributed by atoms with Crippen molar-refractivity contribution in [3.8, 4) is 5.75 Å². The lowest BCUT2D eigenvalue weighted by Gasteiger charge is -2.29. The Balaban J connectivity index is 1.42. The molecule has 1 aliphatic heterocycles. The van der Waals surface area contributed by atoms with Crippen molar-refractivity contribution in [1.29, 1.82) is 0 Å². The summed E-state index contributed by atoms with van der Waals surface area (Å²) < 4.78 is 10.7. The maximum Gasteiger partial charge on any atom is 0.308 e. The van der Waals surface area contributed by atoms with Crippen LogP contribution in [0.3, 0.4) is 0 Å². The first-order valence-electron chi connectivity index (χ1n) is 10.5. The Bertz CT molecular complexity index is 915. The number of ether oxygens (including phenoxy) is 2. The first-order chi connectivity index (χ1) is 14.9. The number of fused-ring (bicyclic) bond motifs is 1. The number of esters is 1. The smallest absolute Gasteiger partial charge is 0.308 e. The van der Waals surface area contributed by atoms with E-state index in [0.717, 1.165) is 12.8 Å². The third-order valence-electron chi connectivity index (χ3n) is 5.12. The Morgan fingerprint density at radius 2 is 1.81 bits per heavy atom. The van der Waals surface area contributed by atoms with Crippen LogP contribution >= 0.6 is 0 Å². The number of aryl methyl sites for hydroxylation is 1. The monoisotopic (exact) mass is 424 g/mol. The summed E-state index contributed by atoms with van der Waals surface area (Å²) in [5.41, 5.74) is 1.84. The number of hydrogen-bond donors (Lipinski definition) is 1. The van der Waals surface area contributed by atoms with Crippen molar-refractivity contribution in [1.82, 2.24) is 5.32 Å². The van der Waals surface area contributed by atoms with E-state index in [9.17, 15) is 14.4 Å². The van der Waals surface area contributed by atoms with Gasteiger partial charge in [-0.3, -0.25) is 14.4 Å². The number of hydrogen-bond acceptors (Lipinski definition) is 5. The molecule has 0 unspecified atom stereocenters. The van der Waals surface area contributed by atoms with E-state index in [-0.39, 0.29) is 37.4 Å². The van der Waals surface area contributed by atoms with Crippen LogP contribution in [0.2, 0.25) is 0 Å². The van der Waals surface area contributed by atoms with E-state index in [1.54, 1.807) is 25.1 Å². The zero-order valence-electron chi connectivity index (χ0n) is 17.9. The van der Waals surface area contributed by atoms with Gasteiger partial charge in [-0.1, -0.05) is 42.5 Å². The number of anilines is 1. The highest BCUT2D eigenvalue weighted by atomic mass is 16.5. The summed E-state index contributed by atoms with van der Waals surface area (Å²) in [5.74, 6) is -0.477. The van der Waals surface area contributed by atoms with Gasteiger partial charge in [0.05, 0.1) is 12.1 Å². The third kappa shape index (κ3) is 6.31. The fourth-order valence-electron chi connectivity index (χ4n) is 3.37. The molecule has 0 saturated heterocycles. The minimum atomic E-state index is -0.903. The Labute approximate surface area is 182 Å². The second-order valence-electron chi connectivity index (χ2n) is 7.62. The number of carbonyl (C=O) groups is 3. The van der Waals surface area contributed by atoms with E-state index in [1.807, 2.05) is 31.2 Å². The van der Waals surface area contributed by atoms with Crippen LogP contribution in [0.1, 0.15) is 32.3 Å². The summed E-state index contributed by atoms with van der Waals surface area (Å²) in [5, 5.41) is 2.88. The maximum atomic E-state index is 12.4. The van der Waals surface area contributed by atoms with Crippen LogP contribution in [0.5, 0.6) is 5.75 Å². The van der Waals surface area contributed by atoms with E-state index in [1.165, 1.54) is 10.5 Å². The van der Waals surface area contributed by atoms with E-state index >= 15 is 0 Å². The van der Waals surface area contributed by atoms with Crippen molar-refractivity contribution in [3.63, 3.8) is 0 Å². The number of nitrogens with zero attached hydrogens (tertiary/aromatic N) is 1. The standard InChI is InChI=1S/C24H28N2O5/c1-17(12-13-19-8-4-3-5-9-19)25-24(29)18(2)31-23(28)14-15-26-20-10-6-7-11-21(20)30-16-22(26)27/h3-11,17-18H,12-16H2,1-2H3,(H,25,29)/t17-,18+/m1/s1. The van der Waals surface area contributed by atoms with Crippen LogP contribution in [0.4, 0.5) is 5.69 Å². The molecule has 3 rings (SSSR count). The Morgan fingerprint density at radius 3 is 2.58 bits per heavy atom. The van der Waals surface area contributed by atoms with Gasteiger partial charge in [0.1, 0.15) is 5.75 Å². The molecule has 2 aromatic carbocycles. The molecule has 1 heterocycles. The van der Waals surface area contributed by atoms with Crippen LogP contribution in [0, 0.1) is 0 Å². The van der Waals surface area contributed by atoms with Crippen LogP contribution < -0.4 is 15.0 Å². The van der Waals surface area contributed by atoms with Crippen molar-refractivity contribution in [3.05, 3.63) is 60.2 Å². The average Bonchev–Trinajstić information content (AvgIpc) is 2.77. The van der Waals surface area contributed by atoms with Gasteiger partial charge in [-0.25, -0.2) is 0 Å². The Hall–Kier alpha value is -3.35. The molecule has 2 aromatic rings. The van der Waals surface area contributed by atoms with Gasteiger partial charge >= 0.3 is 5.97 Å². The molecule has 0 spiro atoms. The van der Waals surface area contributed by atoms with Crippen LogP contribution in [-0.2, 0) is 25.5 Å². The summed E-state index contributed by atoms with van der Waals surface area (Å²) in [6.07, 6.45) is 0.723. The highest BCUT2D eigenvalue weighted by molar-refractivity contribution is 5.98. The molecule has 7 nitrogen and oxygen atoms in total. The number of amides is 2. The minimum absolute atomic E-state index is 0.0126. The molecule has 164 valence electrons. The molecule has 0 fully saturated rings. The van der Waals surface area contributed by atoms with Gasteiger partial charge in [-0.15, -0.1) is 0 Å². The number of rotatable bonds is 9. The lowest BCUT2D eigenvalue weighted by molar-refractivity contribution is -0.154. The maximum absolute atomic E-state index is 12.4. The summed E-state index contributed by atoms with van der Waals surface area (Å²) >= 11 is 0. The van der Waals surface area contributed by atoms with E-state index in [0.29, 0.717) is 11.4 Å². The largest absolute Gasteiger partial charge is 0.482 e.